The molecule has 0 unspecified atom stereocenters. The van der Waals surface area contributed by atoms with Crippen LogP contribution in [0.1, 0.15) is 34.6 Å². The highest BCUT2D eigenvalue weighted by atomic mass is 16.2. The molecule has 1 aromatic rings. The molecular weight excluding hydrogens is 240 g/mol. The van der Waals surface area contributed by atoms with Gasteiger partial charge in [0.1, 0.15) is 0 Å². The zero-order chi connectivity index (χ0) is 13.8. The molecule has 1 heterocycles. The topological polar surface area (TPSA) is 40.6 Å². The molecule has 4 heteroatoms. The fourth-order valence-corrected chi connectivity index (χ4v) is 2.14. The number of amides is 2. The van der Waals surface area contributed by atoms with Gasteiger partial charge in [-0.05, 0) is 38.3 Å². The van der Waals surface area contributed by atoms with Crippen molar-refractivity contribution in [3.8, 4) is 0 Å². The van der Waals surface area contributed by atoms with Gasteiger partial charge in [-0.2, -0.15) is 0 Å². The van der Waals surface area contributed by atoms with Crippen molar-refractivity contribution in [3.05, 3.63) is 47.7 Å². The lowest BCUT2D eigenvalue weighted by atomic mass is 10.1. The van der Waals surface area contributed by atoms with Crippen LogP contribution in [0.15, 0.2) is 36.5 Å². The van der Waals surface area contributed by atoms with E-state index in [2.05, 4.69) is 18.7 Å². The molecule has 2 amide bonds. The Balaban J connectivity index is 2.08. The minimum Gasteiger partial charge on any atom is -0.378 e. The number of carbonyl (C=O) groups is 2. The van der Waals surface area contributed by atoms with E-state index in [4.69, 9.17) is 0 Å². The lowest BCUT2D eigenvalue weighted by molar-refractivity contribution is 0.0671. The summed E-state index contributed by atoms with van der Waals surface area (Å²) in [6.45, 7) is 6.28. The van der Waals surface area contributed by atoms with Crippen LogP contribution < -0.4 is 0 Å². The molecule has 0 saturated carbocycles. The number of hydrogen-bond donors (Lipinski definition) is 0. The van der Waals surface area contributed by atoms with Crippen LogP contribution in [0.5, 0.6) is 0 Å². The Morgan fingerprint density at radius 1 is 1.05 bits per heavy atom. The van der Waals surface area contributed by atoms with Gasteiger partial charge in [-0.1, -0.05) is 12.1 Å². The van der Waals surface area contributed by atoms with Gasteiger partial charge >= 0.3 is 0 Å². The number of benzene rings is 1. The van der Waals surface area contributed by atoms with Gasteiger partial charge in [0.15, 0.2) is 0 Å². The van der Waals surface area contributed by atoms with Crippen molar-refractivity contribution in [3.63, 3.8) is 0 Å². The molecule has 0 N–H and O–H groups in total. The van der Waals surface area contributed by atoms with Gasteiger partial charge in [0.05, 0.1) is 11.1 Å². The number of nitrogens with zero attached hydrogens (tertiary/aromatic N) is 2. The Labute approximate surface area is 113 Å². The van der Waals surface area contributed by atoms with Crippen LogP contribution in [-0.4, -0.2) is 41.2 Å². The summed E-state index contributed by atoms with van der Waals surface area (Å²) in [6.07, 6.45) is 3.79. The van der Waals surface area contributed by atoms with E-state index < -0.39 is 0 Å². The van der Waals surface area contributed by atoms with Crippen LogP contribution in [0.3, 0.4) is 0 Å². The van der Waals surface area contributed by atoms with E-state index >= 15 is 0 Å². The second kappa shape index (κ2) is 5.69. The molecule has 0 atom stereocenters. The molecule has 1 aliphatic heterocycles. The molecule has 19 heavy (non-hydrogen) atoms. The summed E-state index contributed by atoms with van der Waals surface area (Å²) in [5.74, 6) is -0.408. The number of imide groups is 1. The SMILES string of the molecule is CCN(C=CCN1C(=O)c2ccccc2C1=O)CC. The minimum atomic E-state index is -0.204. The highest BCUT2D eigenvalue weighted by Gasteiger charge is 2.34. The average molecular weight is 258 g/mol. The highest BCUT2D eigenvalue weighted by molar-refractivity contribution is 6.21. The van der Waals surface area contributed by atoms with Crippen molar-refractivity contribution >= 4 is 11.8 Å². The van der Waals surface area contributed by atoms with Crippen LogP contribution in [0.4, 0.5) is 0 Å². The molecule has 0 aliphatic carbocycles. The Hall–Kier alpha value is -2.10. The fourth-order valence-electron chi connectivity index (χ4n) is 2.14. The van der Waals surface area contributed by atoms with Gasteiger partial charge in [0.2, 0.25) is 0 Å². The van der Waals surface area contributed by atoms with Crippen molar-refractivity contribution in [1.82, 2.24) is 9.80 Å². The van der Waals surface area contributed by atoms with Crippen LogP contribution in [-0.2, 0) is 0 Å². The van der Waals surface area contributed by atoms with E-state index in [9.17, 15) is 9.59 Å². The largest absolute Gasteiger partial charge is 0.378 e. The average Bonchev–Trinajstić information content (AvgIpc) is 2.69. The summed E-state index contributed by atoms with van der Waals surface area (Å²) < 4.78 is 0. The van der Waals surface area contributed by atoms with E-state index in [0.29, 0.717) is 17.7 Å². The molecule has 4 nitrogen and oxygen atoms in total. The number of carbonyl (C=O) groups excluding carboxylic acids is 2. The Bertz CT molecular complexity index is 484. The van der Waals surface area contributed by atoms with Gasteiger partial charge in [0.25, 0.3) is 11.8 Å². The van der Waals surface area contributed by atoms with Crippen molar-refractivity contribution in [2.24, 2.45) is 0 Å². The van der Waals surface area contributed by atoms with Crippen molar-refractivity contribution in [2.75, 3.05) is 19.6 Å². The van der Waals surface area contributed by atoms with E-state index in [1.165, 1.54) is 4.90 Å². The highest BCUT2D eigenvalue weighted by Crippen LogP contribution is 2.21. The molecule has 0 bridgehead atoms. The summed E-state index contributed by atoms with van der Waals surface area (Å²) in [6, 6.07) is 6.95. The first-order chi connectivity index (χ1) is 9.19. The van der Waals surface area contributed by atoms with Gasteiger partial charge in [-0.15, -0.1) is 0 Å². The Morgan fingerprint density at radius 2 is 1.58 bits per heavy atom. The molecular formula is C15H18N2O2. The smallest absolute Gasteiger partial charge is 0.261 e. The maximum absolute atomic E-state index is 12.1. The fraction of sp³-hybridized carbons (Fsp3) is 0.333. The number of rotatable bonds is 5. The van der Waals surface area contributed by atoms with Gasteiger partial charge in [0, 0.05) is 19.6 Å². The summed E-state index contributed by atoms with van der Waals surface area (Å²) in [7, 11) is 0. The standard InChI is InChI=1S/C15H18N2O2/c1-3-16(4-2)10-7-11-17-14(18)12-8-5-6-9-13(12)15(17)19/h5-10H,3-4,11H2,1-2H3. The first-order valence-corrected chi connectivity index (χ1v) is 6.55. The molecule has 2 rings (SSSR count). The third-order valence-corrected chi connectivity index (χ3v) is 3.29. The molecule has 1 aliphatic rings. The van der Waals surface area contributed by atoms with Crippen LogP contribution in [0, 0.1) is 0 Å². The first kappa shape index (κ1) is 13.3. The summed E-state index contributed by atoms with van der Waals surface area (Å²) in [5, 5.41) is 0. The predicted molar refractivity (Wildman–Crippen MR) is 73.9 cm³/mol. The molecule has 100 valence electrons. The Kier molecular flexibility index (Phi) is 4.00. The molecule has 0 aromatic heterocycles. The first-order valence-electron chi connectivity index (χ1n) is 6.55. The lowest BCUT2D eigenvalue weighted by Gasteiger charge is -2.16. The van der Waals surface area contributed by atoms with E-state index in [1.807, 2.05) is 12.3 Å². The van der Waals surface area contributed by atoms with Gasteiger partial charge in [-0.3, -0.25) is 14.5 Å². The molecule has 0 fully saturated rings. The summed E-state index contributed by atoms with van der Waals surface area (Å²) >= 11 is 0. The van der Waals surface area contributed by atoms with Crippen LogP contribution in [0.2, 0.25) is 0 Å². The molecule has 0 saturated heterocycles. The normalized spacial score (nSPS) is 14.3. The monoisotopic (exact) mass is 258 g/mol. The lowest BCUT2D eigenvalue weighted by Crippen LogP contribution is -2.30. The van der Waals surface area contributed by atoms with E-state index in [1.54, 1.807) is 24.3 Å². The summed E-state index contributed by atoms with van der Waals surface area (Å²) in [4.78, 5) is 27.6. The zero-order valence-electron chi connectivity index (χ0n) is 11.3. The second-order valence-corrected chi connectivity index (χ2v) is 4.37. The maximum Gasteiger partial charge on any atom is 0.261 e. The molecule has 0 spiro atoms. The number of fused-ring (bicyclic) bond motifs is 1. The van der Waals surface area contributed by atoms with E-state index in [-0.39, 0.29) is 11.8 Å². The minimum absolute atomic E-state index is 0.204. The number of hydrogen-bond acceptors (Lipinski definition) is 3. The second-order valence-electron chi connectivity index (χ2n) is 4.37. The molecule has 0 radical (unpaired) electrons. The zero-order valence-corrected chi connectivity index (χ0v) is 11.3. The van der Waals surface area contributed by atoms with Gasteiger partial charge < -0.3 is 4.90 Å². The van der Waals surface area contributed by atoms with Crippen molar-refractivity contribution < 1.29 is 9.59 Å². The third kappa shape index (κ3) is 2.52. The molecule has 1 aromatic carbocycles. The van der Waals surface area contributed by atoms with E-state index in [0.717, 1.165) is 13.1 Å². The third-order valence-electron chi connectivity index (χ3n) is 3.29. The maximum atomic E-state index is 12.1. The van der Waals surface area contributed by atoms with Gasteiger partial charge in [-0.25, -0.2) is 0 Å². The van der Waals surface area contributed by atoms with Crippen molar-refractivity contribution in [1.29, 1.82) is 0 Å². The Morgan fingerprint density at radius 3 is 2.05 bits per heavy atom. The quantitative estimate of drug-likeness (QED) is 0.760. The van der Waals surface area contributed by atoms with Crippen molar-refractivity contribution in [2.45, 2.75) is 13.8 Å². The van der Waals surface area contributed by atoms with Crippen LogP contribution in [0.25, 0.3) is 0 Å². The summed E-state index contributed by atoms with van der Waals surface area (Å²) in [5.41, 5.74) is 1.01. The van der Waals surface area contributed by atoms with Crippen LogP contribution >= 0.6 is 0 Å². The predicted octanol–water partition coefficient (Wildman–Crippen LogP) is 2.14.